The number of nitro groups is 1. The molecule has 2 aromatic rings. The third-order valence-corrected chi connectivity index (χ3v) is 2.86. The number of nitro benzene ring substituents is 1. The molecule has 1 heterocycles. The molecule has 0 aliphatic heterocycles. The summed E-state index contributed by atoms with van der Waals surface area (Å²) >= 11 is 0. The Morgan fingerprint density at radius 1 is 1.25 bits per heavy atom. The number of rotatable bonds is 6. The zero-order valence-corrected chi connectivity index (χ0v) is 10.9. The second-order valence-electron chi connectivity index (χ2n) is 4.34. The first-order valence-electron chi connectivity index (χ1n) is 6.30. The summed E-state index contributed by atoms with van der Waals surface area (Å²) in [5.41, 5.74) is 0.227. The van der Waals surface area contributed by atoms with Crippen LogP contribution < -0.4 is 5.32 Å². The lowest BCUT2D eigenvalue weighted by Gasteiger charge is -2.06. The summed E-state index contributed by atoms with van der Waals surface area (Å²) in [6.45, 7) is 1.35. The SMILES string of the molecule is O=C(NCCCn1cccc1)c1cccc([N+](=O)[O-])c1. The van der Waals surface area contributed by atoms with Crippen molar-refractivity contribution in [3.63, 3.8) is 0 Å². The number of carbonyl (C=O) groups is 1. The molecule has 0 aliphatic carbocycles. The standard InChI is InChI=1S/C14H15N3O3/c18-14(12-5-3-6-13(11-12)17(19)20)15-7-4-10-16-8-1-2-9-16/h1-3,5-6,8-9,11H,4,7,10H2,(H,15,18). The van der Waals surface area contributed by atoms with Crippen LogP contribution in [0.15, 0.2) is 48.8 Å². The first kappa shape index (κ1) is 13.8. The first-order valence-corrected chi connectivity index (χ1v) is 6.30. The van der Waals surface area contributed by atoms with Gasteiger partial charge in [0.25, 0.3) is 11.6 Å². The Kier molecular flexibility index (Phi) is 4.49. The molecule has 0 unspecified atom stereocenters. The number of carbonyl (C=O) groups excluding carboxylic acids is 1. The maximum absolute atomic E-state index is 11.8. The molecule has 0 fully saturated rings. The zero-order chi connectivity index (χ0) is 14.4. The summed E-state index contributed by atoms with van der Waals surface area (Å²) in [5.74, 6) is -0.291. The molecular weight excluding hydrogens is 258 g/mol. The molecule has 0 saturated carbocycles. The minimum Gasteiger partial charge on any atom is -0.354 e. The molecule has 0 saturated heterocycles. The fourth-order valence-corrected chi connectivity index (χ4v) is 1.85. The predicted molar refractivity (Wildman–Crippen MR) is 74.5 cm³/mol. The average molecular weight is 273 g/mol. The van der Waals surface area contributed by atoms with Gasteiger partial charge in [0.1, 0.15) is 0 Å². The van der Waals surface area contributed by atoms with Crippen LogP contribution in [0.5, 0.6) is 0 Å². The van der Waals surface area contributed by atoms with E-state index in [2.05, 4.69) is 5.32 Å². The van der Waals surface area contributed by atoms with Gasteiger partial charge in [-0.2, -0.15) is 0 Å². The van der Waals surface area contributed by atoms with Crippen LogP contribution in [0.2, 0.25) is 0 Å². The van der Waals surface area contributed by atoms with E-state index in [1.807, 2.05) is 29.1 Å². The number of aromatic nitrogens is 1. The number of hydrogen-bond acceptors (Lipinski definition) is 3. The van der Waals surface area contributed by atoms with E-state index in [0.29, 0.717) is 12.1 Å². The molecule has 1 amide bonds. The maximum Gasteiger partial charge on any atom is 0.270 e. The number of non-ortho nitro benzene ring substituents is 1. The minimum atomic E-state index is -0.511. The normalized spacial score (nSPS) is 10.2. The van der Waals surface area contributed by atoms with Crippen LogP contribution in [-0.4, -0.2) is 21.9 Å². The predicted octanol–water partition coefficient (Wildman–Crippen LogP) is 2.22. The van der Waals surface area contributed by atoms with Gasteiger partial charge in [-0.15, -0.1) is 0 Å². The van der Waals surface area contributed by atoms with Crippen molar-refractivity contribution in [3.8, 4) is 0 Å². The Morgan fingerprint density at radius 3 is 2.70 bits per heavy atom. The van der Waals surface area contributed by atoms with E-state index in [0.717, 1.165) is 13.0 Å². The number of amides is 1. The summed E-state index contributed by atoms with van der Waals surface area (Å²) in [7, 11) is 0. The van der Waals surface area contributed by atoms with Crippen LogP contribution in [0, 0.1) is 10.1 Å². The Bertz CT molecular complexity index is 593. The third kappa shape index (κ3) is 3.68. The van der Waals surface area contributed by atoms with E-state index < -0.39 is 4.92 Å². The highest BCUT2D eigenvalue weighted by Crippen LogP contribution is 2.12. The van der Waals surface area contributed by atoms with E-state index in [4.69, 9.17) is 0 Å². The molecule has 104 valence electrons. The topological polar surface area (TPSA) is 77.2 Å². The van der Waals surface area contributed by atoms with Gasteiger partial charge < -0.3 is 9.88 Å². The highest BCUT2D eigenvalue weighted by Gasteiger charge is 2.10. The Labute approximate surface area is 116 Å². The fraction of sp³-hybridized carbons (Fsp3) is 0.214. The summed E-state index contributed by atoms with van der Waals surface area (Å²) in [6, 6.07) is 9.61. The highest BCUT2D eigenvalue weighted by atomic mass is 16.6. The lowest BCUT2D eigenvalue weighted by Crippen LogP contribution is -2.25. The van der Waals surface area contributed by atoms with Crippen LogP contribution in [0.3, 0.4) is 0 Å². The lowest BCUT2D eigenvalue weighted by atomic mass is 10.2. The van der Waals surface area contributed by atoms with Crippen molar-refractivity contribution in [3.05, 3.63) is 64.5 Å². The molecule has 1 aromatic carbocycles. The van der Waals surface area contributed by atoms with Crippen LogP contribution in [-0.2, 0) is 6.54 Å². The van der Waals surface area contributed by atoms with Gasteiger partial charge in [0.15, 0.2) is 0 Å². The van der Waals surface area contributed by atoms with Crippen molar-refractivity contribution < 1.29 is 9.72 Å². The van der Waals surface area contributed by atoms with Crippen molar-refractivity contribution in [2.24, 2.45) is 0 Å². The average Bonchev–Trinajstić information content (AvgIpc) is 2.96. The maximum atomic E-state index is 11.8. The van der Waals surface area contributed by atoms with Crippen molar-refractivity contribution >= 4 is 11.6 Å². The lowest BCUT2D eigenvalue weighted by molar-refractivity contribution is -0.384. The van der Waals surface area contributed by atoms with Gasteiger partial charge in [-0.25, -0.2) is 0 Å². The van der Waals surface area contributed by atoms with Gasteiger partial charge in [-0.05, 0) is 24.6 Å². The van der Waals surface area contributed by atoms with E-state index in [9.17, 15) is 14.9 Å². The van der Waals surface area contributed by atoms with Crippen molar-refractivity contribution in [1.29, 1.82) is 0 Å². The monoisotopic (exact) mass is 273 g/mol. The third-order valence-electron chi connectivity index (χ3n) is 2.86. The van der Waals surface area contributed by atoms with E-state index in [-0.39, 0.29) is 11.6 Å². The number of benzene rings is 1. The molecule has 2 rings (SSSR count). The molecule has 20 heavy (non-hydrogen) atoms. The number of nitrogens with one attached hydrogen (secondary N) is 1. The Morgan fingerprint density at radius 2 is 2.00 bits per heavy atom. The number of aryl methyl sites for hydroxylation is 1. The first-order chi connectivity index (χ1) is 9.66. The van der Waals surface area contributed by atoms with Crippen molar-refractivity contribution in [1.82, 2.24) is 9.88 Å². The quantitative estimate of drug-likeness (QED) is 0.498. The molecule has 6 nitrogen and oxygen atoms in total. The van der Waals surface area contributed by atoms with Crippen LogP contribution in [0.25, 0.3) is 0 Å². The summed E-state index contributed by atoms with van der Waals surface area (Å²) in [4.78, 5) is 22.0. The molecule has 0 aliphatic rings. The van der Waals surface area contributed by atoms with Gasteiger partial charge in [-0.1, -0.05) is 6.07 Å². The summed E-state index contributed by atoms with van der Waals surface area (Å²) in [5, 5.41) is 13.4. The fourth-order valence-electron chi connectivity index (χ4n) is 1.85. The molecule has 0 atom stereocenters. The Hall–Kier alpha value is -2.63. The molecule has 0 radical (unpaired) electrons. The van der Waals surface area contributed by atoms with Crippen LogP contribution >= 0.6 is 0 Å². The van der Waals surface area contributed by atoms with Crippen LogP contribution in [0.4, 0.5) is 5.69 Å². The van der Waals surface area contributed by atoms with E-state index in [1.54, 1.807) is 6.07 Å². The number of hydrogen-bond donors (Lipinski definition) is 1. The van der Waals surface area contributed by atoms with Gasteiger partial charge >= 0.3 is 0 Å². The number of nitrogens with zero attached hydrogens (tertiary/aromatic N) is 2. The van der Waals surface area contributed by atoms with Crippen LogP contribution in [0.1, 0.15) is 16.8 Å². The van der Waals surface area contributed by atoms with Gasteiger partial charge in [0.05, 0.1) is 4.92 Å². The van der Waals surface area contributed by atoms with Gasteiger partial charge in [0, 0.05) is 43.2 Å². The second kappa shape index (κ2) is 6.51. The Balaban J connectivity index is 1.82. The minimum absolute atomic E-state index is 0.0787. The summed E-state index contributed by atoms with van der Waals surface area (Å²) in [6.07, 6.45) is 4.72. The highest BCUT2D eigenvalue weighted by molar-refractivity contribution is 5.94. The summed E-state index contributed by atoms with van der Waals surface area (Å²) < 4.78 is 2.03. The molecule has 0 bridgehead atoms. The second-order valence-corrected chi connectivity index (χ2v) is 4.34. The molecule has 0 spiro atoms. The van der Waals surface area contributed by atoms with Crippen molar-refractivity contribution in [2.75, 3.05) is 6.54 Å². The zero-order valence-electron chi connectivity index (χ0n) is 10.9. The van der Waals surface area contributed by atoms with Gasteiger partial charge in [-0.3, -0.25) is 14.9 Å². The van der Waals surface area contributed by atoms with E-state index >= 15 is 0 Å². The molecule has 1 aromatic heterocycles. The smallest absolute Gasteiger partial charge is 0.270 e. The van der Waals surface area contributed by atoms with Gasteiger partial charge in [0.2, 0.25) is 0 Å². The molecule has 6 heteroatoms. The van der Waals surface area contributed by atoms with Crippen molar-refractivity contribution in [2.45, 2.75) is 13.0 Å². The molecule has 1 N–H and O–H groups in total. The molecular formula is C14H15N3O3. The largest absolute Gasteiger partial charge is 0.354 e. The van der Waals surface area contributed by atoms with E-state index in [1.165, 1.54) is 18.2 Å².